The number of hydrogen-bond donors (Lipinski definition) is 1. The number of halogens is 3. The molecule has 0 spiro atoms. The zero-order valence-corrected chi connectivity index (χ0v) is 17.7. The van der Waals surface area contributed by atoms with E-state index < -0.39 is 18.8 Å². The van der Waals surface area contributed by atoms with Crippen molar-refractivity contribution in [3.05, 3.63) is 54.2 Å². The number of alkyl halides is 3. The highest BCUT2D eigenvalue weighted by Crippen LogP contribution is 2.50. The Bertz CT molecular complexity index is 1040. The Morgan fingerprint density at radius 1 is 1.30 bits per heavy atom. The Kier molecular flexibility index (Phi) is 6.70. The van der Waals surface area contributed by atoms with Crippen molar-refractivity contribution < 1.29 is 27.1 Å². The van der Waals surface area contributed by atoms with Crippen LogP contribution >= 0.6 is 19.1 Å². The molecule has 1 N–H and O–H groups in total. The first kappa shape index (κ1) is 22.1. The number of rotatable bonds is 9. The van der Waals surface area contributed by atoms with Gasteiger partial charge in [-0.15, -0.1) is 0 Å². The summed E-state index contributed by atoms with van der Waals surface area (Å²) in [5, 5.41) is 2.63. The number of ether oxygens (including phenoxy) is 1. The summed E-state index contributed by atoms with van der Waals surface area (Å²) in [6.45, 7) is 1.96. The molecule has 0 fully saturated rings. The van der Waals surface area contributed by atoms with Gasteiger partial charge in [0.05, 0.1) is 25.6 Å². The third-order valence-corrected chi connectivity index (χ3v) is 6.00. The largest absolute Gasteiger partial charge is 0.497 e. The second kappa shape index (κ2) is 9.07. The van der Waals surface area contributed by atoms with E-state index in [2.05, 4.69) is 24.7 Å². The minimum absolute atomic E-state index is 0.00439. The second-order valence-corrected chi connectivity index (χ2v) is 8.67. The highest BCUT2D eigenvalue weighted by atomic mass is 35.5. The van der Waals surface area contributed by atoms with Crippen LogP contribution in [0.3, 0.4) is 0 Å². The number of nitrogens with zero attached hydrogens (tertiary/aromatic N) is 3. The summed E-state index contributed by atoms with van der Waals surface area (Å²) in [6, 6.07) is 10.1. The number of pyridine rings is 1. The molecule has 8 nitrogen and oxygen atoms in total. The van der Waals surface area contributed by atoms with Crippen LogP contribution in [0.15, 0.2) is 47.1 Å². The average molecular weight is 459 g/mol. The zero-order valence-electron chi connectivity index (χ0n) is 16.0. The Balaban J connectivity index is 1.77. The van der Waals surface area contributed by atoms with Crippen LogP contribution in [0.25, 0.3) is 11.4 Å². The quantitative estimate of drug-likeness (QED) is 0.342. The maximum atomic E-state index is 13.3. The van der Waals surface area contributed by atoms with Crippen LogP contribution in [0.4, 0.5) is 14.5 Å². The monoisotopic (exact) mass is 458 g/mol. The predicted octanol–water partition coefficient (Wildman–Crippen LogP) is 5.27. The molecule has 0 bridgehead atoms. The first-order valence-electron chi connectivity index (χ1n) is 8.74. The van der Waals surface area contributed by atoms with E-state index in [4.69, 9.17) is 20.9 Å². The standard InChI is InChI=1S/C18H18ClF2N4O4P/c1-3-28-30(26,25-13-5-4-6-15(9-13)27-2)11-14-8-7-12(10-22-14)16-23-17(29-24-16)18(19,20)21/h4-10H,3,11H2,1-2H3,(H,25,26). The summed E-state index contributed by atoms with van der Waals surface area (Å²) < 4.78 is 54.4. The van der Waals surface area contributed by atoms with Crippen molar-refractivity contribution in [2.75, 3.05) is 18.8 Å². The van der Waals surface area contributed by atoms with E-state index in [1.807, 2.05) is 0 Å². The summed E-state index contributed by atoms with van der Waals surface area (Å²) in [5.41, 5.74) is 1.36. The lowest BCUT2D eigenvalue weighted by atomic mass is 10.2. The number of hydrogen-bond acceptors (Lipinski definition) is 7. The van der Waals surface area contributed by atoms with Gasteiger partial charge in [-0.3, -0.25) is 9.55 Å². The smallest absolute Gasteiger partial charge is 0.400 e. The van der Waals surface area contributed by atoms with Gasteiger partial charge in [0, 0.05) is 23.5 Å². The van der Waals surface area contributed by atoms with Crippen molar-refractivity contribution in [1.29, 1.82) is 0 Å². The van der Waals surface area contributed by atoms with Gasteiger partial charge < -0.3 is 18.9 Å². The van der Waals surface area contributed by atoms with Gasteiger partial charge in [0.2, 0.25) is 5.82 Å². The second-order valence-electron chi connectivity index (χ2n) is 6.05. The topological polar surface area (TPSA) is 99.4 Å². The molecule has 3 aromatic rings. The van der Waals surface area contributed by atoms with Gasteiger partial charge in [0.25, 0.3) is 7.52 Å². The third kappa shape index (κ3) is 5.53. The molecule has 2 heterocycles. The Morgan fingerprint density at radius 2 is 2.10 bits per heavy atom. The van der Waals surface area contributed by atoms with Crippen molar-refractivity contribution in [3.63, 3.8) is 0 Å². The van der Waals surface area contributed by atoms with Gasteiger partial charge in [-0.2, -0.15) is 13.8 Å². The van der Waals surface area contributed by atoms with Crippen LogP contribution in [-0.2, 0) is 20.6 Å². The van der Waals surface area contributed by atoms with Gasteiger partial charge in [0.15, 0.2) is 0 Å². The molecule has 12 heteroatoms. The summed E-state index contributed by atoms with van der Waals surface area (Å²) >= 11 is 4.87. The predicted molar refractivity (Wildman–Crippen MR) is 107 cm³/mol. The minimum Gasteiger partial charge on any atom is -0.497 e. The lowest BCUT2D eigenvalue weighted by molar-refractivity contribution is 0.0551. The van der Waals surface area contributed by atoms with Gasteiger partial charge in [-0.25, -0.2) is 0 Å². The number of benzene rings is 1. The van der Waals surface area contributed by atoms with Gasteiger partial charge in [-0.1, -0.05) is 11.2 Å². The van der Waals surface area contributed by atoms with E-state index in [9.17, 15) is 13.3 Å². The molecule has 0 saturated heterocycles. The van der Waals surface area contributed by atoms with E-state index in [1.165, 1.54) is 13.3 Å². The Morgan fingerprint density at radius 3 is 2.70 bits per heavy atom. The molecule has 0 aliphatic heterocycles. The molecule has 30 heavy (non-hydrogen) atoms. The SMILES string of the molecule is CCOP(=O)(Cc1ccc(-c2noc(C(F)(F)Cl)n2)cn1)Nc1cccc(OC)c1. The van der Waals surface area contributed by atoms with Crippen molar-refractivity contribution in [2.24, 2.45) is 0 Å². The summed E-state index contributed by atoms with van der Waals surface area (Å²) in [4.78, 5) is 7.76. The fraction of sp³-hybridized carbons (Fsp3) is 0.278. The van der Waals surface area contributed by atoms with Crippen LogP contribution in [0.1, 0.15) is 18.5 Å². The van der Waals surface area contributed by atoms with Gasteiger partial charge >= 0.3 is 11.3 Å². The number of nitrogens with one attached hydrogen (secondary N) is 1. The lowest BCUT2D eigenvalue weighted by Gasteiger charge is -2.20. The highest BCUT2D eigenvalue weighted by Gasteiger charge is 2.35. The summed E-state index contributed by atoms with van der Waals surface area (Å²) in [5.74, 6) is -0.494. The van der Waals surface area contributed by atoms with E-state index in [1.54, 1.807) is 43.3 Å². The maximum absolute atomic E-state index is 13.3. The van der Waals surface area contributed by atoms with Crippen molar-refractivity contribution in [1.82, 2.24) is 15.1 Å². The van der Waals surface area contributed by atoms with E-state index >= 15 is 0 Å². The van der Waals surface area contributed by atoms with Crippen LogP contribution in [0.2, 0.25) is 0 Å². The molecule has 160 valence electrons. The fourth-order valence-electron chi connectivity index (χ4n) is 2.53. The number of aromatic nitrogens is 3. The molecule has 1 atom stereocenters. The highest BCUT2D eigenvalue weighted by molar-refractivity contribution is 7.59. The van der Waals surface area contributed by atoms with Crippen molar-refractivity contribution >= 4 is 24.8 Å². The number of methoxy groups -OCH3 is 1. The molecule has 1 unspecified atom stereocenters. The summed E-state index contributed by atoms with van der Waals surface area (Å²) in [6.07, 6.45) is 1.35. The van der Waals surface area contributed by atoms with Crippen LogP contribution in [0.5, 0.6) is 5.75 Å². The number of anilines is 1. The molecule has 0 aliphatic carbocycles. The molecule has 0 radical (unpaired) electrons. The van der Waals surface area contributed by atoms with Crippen molar-refractivity contribution in [3.8, 4) is 17.1 Å². The Labute approximate surface area is 176 Å². The van der Waals surface area contributed by atoms with Crippen molar-refractivity contribution in [2.45, 2.75) is 18.5 Å². The molecule has 2 aromatic heterocycles. The average Bonchev–Trinajstić information content (AvgIpc) is 3.19. The van der Waals surface area contributed by atoms with E-state index in [0.29, 0.717) is 22.7 Å². The minimum atomic E-state index is -3.76. The first-order chi connectivity index (χ1) is 14.2. The van der Waals surface area contributed by atoms with E-state index in [-0.39, 0.29) is 18.6 Å². The molecule has 0 amide bonds. The zero-order chi connectivity index (χ0) is 21.8. The van der Waals surface area contributed by atoms with Crippen LogP contribution in [-0.4, -0.2) is 28.8 Å². The summed E-state index contributed by atoms with van der Waals surface area (Å²) in [7, 11) is -1.80. The maximum Gasteiger partial charge on any atom is 0.400 e. The van der Waals surface area contributed by atoms with Gasteiger partial charge in [0.1, 0.15) is 5.75 Å². The van der Waals surface area contributed by atoms with Crippen LogP contribution in [0, 0.1) is 0 Å². The fourth-order valence-corrected chi connectivity index (χ4v) is 4.41. The van der Waals surface area contributed by atoms with Gasteiger partial charge in [-0.05, 0) is 42.8 Å². The molecule has 3 rings (SSSR count). The molecule has 0 saturated carbocycles. The Hall–Kier alpha value is -2.55. The molecule has 1 aromatic carbocycles. The lowest BCUT2D eigenvalue weighted by Crippen LogP contribution is -2.05. The molecule has 0 aliphatic rings. The normalized spacial score (nSPS) is 13.6. The van der Waals surface area contributed by atoms with Crippen LogP contribution < -0.4 is 9.82 Å². The third-order valence-electron chi connectivity index (χ3n) is 3.83. The molecular formula is C18H18ClF2N4O4P. The van der Waals surface area contributed by atoms with E-state index in [0.717, 1.165) is 0 Å². The first-order valence-corrected chi connectivity index (χ1v) is 10.9. The molecular weight excluding hydrogens is 441 g/mol.